The van der Waals surface area contributed by atoms with Crippen molar-refractivity contribution in [3.63, 3.8) is 0 Å². The van der Waals surface area contributed by atoms with Crippen molar-refractivity contribution in [2.75, 3.05) is 26.2 Å². The van der Waals surface area contributed by atoms with E-state index < -0.39 is 0 Å². The summed E-state index contributed by atoms with van der Waals surface area (Å²) in [6.07, 6.45) is 0. The summed E-state index contributed by atoms with van der Waals surface area (Å²) in [7, 11) is 0. The first kappa shape index (κ1) is 17.5. The van der Waals surface area contributed by atoms with Gasteiger partial charge in [0.25, 0.3) is 5.91 Å². The number of rotatable bonds is 3. The number of carbonyl (C=O) groups is 1. The van der Waals surface area contributed by atoms with Crippen LogP contribution in [0.4, 0.5) is 0 Å². The first-order valence-corrected chi connectivity index (χ1v) is 8.72. The Morgan fingerprint density at radius 3 is 2.48 bits per heavy atom. The zero-order chi connectivity index (χ0) is 17.8. The van der Waals surface area contributed by atoms with Gasteiger partial charge in [0.15, 0.2) is 0 Å². The summed E-state index contributed by atoms with van der Waals surface area (Å²) in [6.45, 7) is 4.52. The third kappa shape index (κ3) is 3.84. The largest absolute Gasteiger partial charge is 0.336 e. The zero-order valence-corrected chi connectivity index (χ0v) is 14.9. The molecule has 4 nitrogen and oxygen atoms in total. The number of benzene rings is 2. The number of carbonyl (C=O) groups excluding carboxylic acids is 1. The highest BCUT2D eigenvalue weighted by atomic mass is 35.5. The predicted octanol–water partition coefficient (Wildman–Crippen LogP) is 3.67. The van der Waals surface area contributed by atoms with Gasteiger partial charge in [-0.25, -0.2) is 0 Å². The van der Waals surface area contributed by atoms with Gasteiger partial charge in [0, 0.05) is 36.8 Å². The van der Waals surface area contributed by atoms with E-state index in [0.717, 1.165) is 16.7 Å². The number of aryl methyl sites for hydroxylation is 1. The third-order valence-electron chi connectivity index (χ3n) is 4.63. The van der Waals surface area contributed by atoms with E-state index in [4.69, 9.17) is 11.6 Å². The second kappa shape index (κ2) is 7.69. The van der Waals surface area contributed by atoms with Crippen molar-refractivity contribution in [1.82, 2.24) is 9.80 Å². The van der Waals surface area contributed by atoms with Crippen LogP contribution in [-0.2, 0) is 0 Å². The van der Waals surface area contributed by atoms with E-state index in [1.807, 2.05) is 54.3 Å². The van der Waals surface area contributed by atoms with Gasteiger partial charge in [0.05, 0.1) is 6.07 Å². The van der Waals surface area contributed by atoms with E-state index in [1.165, 1.54) is 0 Å². The molecule has 1 fully saturated rings. The first-order valence-electron chi connectivity index (χ1n) is 8.34. The highest BCUT2D eigenvalue weighted by molar-refractivity contribution is 6.30. The van der Waals surface area contributed by atoms with Crippen LogP contribution in [-0.4, -0.2) is 41.9 Å². The minimum Gasteiger partial charge on any atom is -0.336 e. The van der Waals surface area contributed by atoms with Crippen LogP contribution in [0.1, 0.15) is 27.5 Å². The molecular weight excluding hydrogens is 334 g/mol. The van der Waals surface area contributed by atoms with Gasteiger partial charge in [0.2, 0.25) is 0 Å². The van der Waals surface area contributed by atoms with Crippen molar-refractivity contribution in [2.24, 2.45) is 0 Å². The van der Waals surface area contributed by atoms with Crippen LogP contribution in [0, 0.1) is 18.3 Å². The summed E-state index contributed by atoms with van der Waals surface area (Å²) in [5.74, 6) is 0.0639. The molecule has 1 aliphatic heterocycles. The average Bonchev–Trinajstić information content (AvgIpc) is 2.63. The maximum Gasteiger partial charge on any atom is 0.254 e. The quantitative estimate of drug-likeness (QED) is 0.845. The molecule has 1 unspecified atom stereocenters. The molecule has 0 saturated carbocycles. The minimum atomic E-state index is -0.339. The molecule has 0 radical (unpaired) electrons. The molecule has 0 spiro atoms. The Kier molecular flexibility index (Phi) is 5.37. The molecule has 1 atom stereocenters. The van der Waals surface area contributed by atoms with E-state index >= 15 is 0 Å². The number of hydrogen-bond acceptors (Lipinski definition) is 3. The van der Waals surface area contributed by atoms with Crippen molar-refractivity contribution >= 4 is 17.5 Å². The van der Waals surface area contributed by atoms with E-state index in [0.29, 0.717) is 31.2 Å². The maximum absolute atomic E-state index is 12.7. The molecule has 1 saturated heterocycles. The molecular formula is C20H20ClN3O. The molecule has 2 aromatic rings. The predicted molar refractivity (Wildman–Crippen MR) is 98.5 cm³/mol. The lowest BCUT2D eigenvalue weighted by Gasteiger charge is -2.37. The number of nitrogens with zero attached hydrogens (tertiary/aromatic N) is 3. The Hall–Kier alpha value is -2.35. The summed E-state index contributed by atoms with van der Waals surface area (Å²) in [5, 5.41) is 10.2. The molecule has 128 valence electrons. The van der Waals surface area contributed by atoms with Gasteiger partial charge < -0.3 is 4.90 Å². The Labute approximate surface area is 153 Å². The highest BCUT2D eigenvalue weighted by Crippen LogP contribution is 2.24. The van der Waals surface area contributed by atoms with Crippen LogP contribution < -0.4 is 0 Å². The van der Waals surface area contributed by atoms with Crippen LogP contribution in [0.2, 0.25) is 5.02 Å². The Bertz CT molecular complexity index is 807. The third-order valence-corrected chi connectivity index (χ3v) is 4.86. The summed E-state index contributed by atoms with van der Waals surface area (Å²) < 4.78 is 0. The fourth-order valence-corrected chi connectivity index (χ4v) is 3.41. The highest BCUT2D eigenvalue weighted by Gasteiger charge is 2.28. The summed E-state index contributed by atoms with van der Waals surface area (Å²) in [6, 6.07) is 17.1. The van der Waals surface area contributed by atoms with Crippen molar-refractivity contribution < 1.29 is 4.79 Å². The van der Waals surface area contributed by atoms with Gasteiger partial charge in [0.1, 0.15) is 6.04 Å². The topological polar surface area (TPSA) is 47.3 Å². The van der Waals surface area contributed by atoms with Gasteiger partial charge in [-0.2, -0.15) is 5.26 Å². The lowest BCUT2D eigenvalue weighted by atomic mass is 10.0. The number of amides is 1. The second-order valence-electron chi connectivity index (χ2n) is 6.23. The number of halogens is 1. The number of piperazine rings is 1. The molecule has 3 rings (SSSR count). The monoisotopic (exact) mass is 353 g/mol. The van der Waals surface area contributed by atoms with E-state index in [-0.39, 0.29) is 11.9 Å². The summed E-state index contributed by atoms with van der Waals surface area (Å²) in [5.41, 5.74) is 2.64. The van der Waals surface area contributed by atoms with Crippen molar-refractivity contribution in [3.8, 4) is 6.07 Å². The molecule has 0 aliphatic carbocycles. The normalized spacial score (nSPS) is 16.3. The molecule has 2 aromatic carbocycles. The SMILES string of the molecule is Cc1ccccc1C(=O)N1CCN(C(C#N)c2cccc(Cl)c2)CC1. The maximum atomic E-state index is 12.7. The molecule has 1 heterocycles. The molecule has 25 heavy (non-hydrogen) atoms. The zero-order valence-electron chi connectivity index (χ0n) is 14.2. The van der Waals surface area contributed by atoms with Crippen LogP contribution in [0.25, 0.3) is 0 Å². The van der Waals surface area contributed by atoms with Gasteiger partial charge >= 0.3 is 0 Å². The first-order chi connectivity index (χ1) is 12.1. The van der Waals surface area contributed by atoms with Gasteiger partial charge in [-0.05, 0) is 36.2 Å². The smallest absolute Gasteiger partial charge is 0.254 e. The van der Waals surface area contributed by atoms with Crippen LogP contribution in [0.5, 0.6) is 0 Å². The van der Waals surface area contributed by atoms with Crippen LogP contribution in [0.3, 0.4) is 0 Å². The lowest BCUT2D eigenvalue weighted by Crippen LogP contribution is -2.49. The lowest BCUT2D eigenvalue weighted by molar-refractivity contribution is 0.0605. The van der Waals surface area contributed by atoms with Crippen molar-refractivity contribution in [3.05, 3.63) is 70.2 Å². The fourth-order valence-electron chi connectivity index (χ4n) is 3.21. The van der Waals surface area contributed by atoms with E-state index in [1.54, 1.807) is 6.07 Å². The van der Waals surface area contributed by atoms with Gasteiger partial charge in [-0.3, -0.25) is 9.69 Å². The molecule has 0 aromatic heterocycles. The Morgan fingerprint density at radius 1 is 1.12 bits per heavy atom. The Morgan fingerprint density at radius 2 is 1.84 bits per heavy atom. The summed E-state index contributed by atoms with van der Waals surface area (Å²) >= 11 is 6.05. The number of nitriles is 1. The molecule has 1 amide bonds. The average molecular weight is 354 g/mol. The number of hydrogen-bond donors (Lipinski definition) is 0. The molecule has 1 aliphatic rings. The van der Waals surface area contributed by atoms with Gasteiger partial charge in [-0.1, -0.05) is 41.9 Å². The molecule has 5 heteroatoms. The van der Waals surface area contributed by atoms with Crippen LogP contribution >= 0.6 is 11.6 Å². The van der Waals surface area contributed by atoms with E-state index in [9.17, 15) is 10.1 Å². The molecule has 0 bridgehead atoms. The fraction of sp³-hybridized carbons (Fsp3) is 0.300. The Balaban J connectivity index is 1.68. The van der Waals surface area contributed by atoms with Crippen LogP contribution in [0.15, 0.2) is 48.5 Å². The van der Waals surface area contributed by atoms with Crippen molar-refractivity contribution in [2.45, 2.75) is 13.0 Å². The standard InChI is InChI=1S/C20H20ClN3O/c1-15-5-2-3-8-18(15)20(25)24-11-9-23(10-12-24)19(14-22)16-6-4-7-17(21)13-16/h2-8,13,19H,9-12H2,1H3. The molecule has 0 N–H and O–H groups in total. The second-order valence-corrected chi connectivity index (χ2v) is 6.67. The summed E-state index contributed by atoms with van der Waals surface area (Å²) in [4.78, 5) is 16.7. The van der Waals surface area contributed by atoms with Crippen molar-refractivity contribution in [1.29, 1.82) is 5.26 Å². The minimum absolute atomic E-state index is 0.0639. The van der Waals surface area contributed by atoms with Gasteiger partial charge in [-0.15, -0.1) is 0 Å². The van der Waals surface area contributed by atoms with E-state index in [2.05, 4.69) is 11.0 Å².